The third-order valence-corrected chi connectivity index (χ3v) is 2.70. The Morgan fingerprint density at radius 2 is 1.82 bits per heavy atom. The molecule has 0 saturated heterocycles. The van der Waals surface area contributed by atoms with E-state index in [1.807, 2.05) is 0 Å². The van der Waals surface area contributed by atoms with Crippen molar-refractivity contribution in [3.05, 3.63) is 0 Å². The normalized spacial score (nSPS) is 13.2. The van der Waals surface area contributed by atoms with E-state index in [0.717, 1.165) is 25.7 Å². The molecule has 5 heteroatoms. The molecular weight excluding hydrogens is 224 g/mol. The molecule has 0 rings (SSSR count). The summed E-state index contributed by atoms with van der Waals surface area (Å²) in [6.45, 7) is 4.88. The average molecular weight is 246 g/mol. The predicted molar refractivity (Wildman–Crippen MR) is 62.5 cm³/mol. The van der Waals surface area contributed by atoms with Crippen LogP contribution in [0.15, 0.2) is 0 Å². The highest BCUT2D eigenvalue weighted by Crippen LogP contribution is 2.21. The zero-order valence-electron chi connectivity index (χ0n) is 10.7. The largest absolute Gasteiger partial charge is 0.481 e. The van der Waals surface area contributed by atoms with E-state index in [1.165, 1.54) is 13.8 Å². The van der Waals surface area contributed by atoms with Crippen molar-refractivity contribution >= 4 is 11.9 Å². The van der Waals surface area contributed by atoms with Crippen molar-refractivity contribution in [2.24, 2.45) is 5.41 Å². The van der Waals surface area contributed by atoms with Gasteiger partial charge in [-0.15, -0.1) is 0 Å². The fourth-order valence-corrected chi connectivity index (χ4v) is 1.19. The molecule has 0 saturated carbocycles. The number of rotatable bonds is 8. The van der Waals surface area contributed by atoms with Crippen LogP contribution in [0, 0.1) is 5.41 Å². The number of aliphatic hydroxyl groups is 1. The molecule has 1 atom stereocenters. The van der Waals surface area contributed by atoms with Crippen molar-refractivity contribution in [1.29, 1.82) is 0 Å². The van der Waals surface area contributed by atoms with Crippen molar-refractivity contribution in [1.82, 2.24) is 0 Å². The molecule has 0 aliphatic carbocycles. The topological polar surface area (TPSA) is 83.8 Å². The summed E-state index contributed by atoms with van der Waals surface area (Å²) in [6.07, 6.45) is 2.22. The van der Waals surface area contributed by atoms with Crippen LogP contribution in [0.5, 0.6) is 0 Å². The van der Waals surface area contributed by atoms with Crippen molar-refractivity contribution < 1.29 is 24.5 Å². The summed E-state index contributed by atoms with van der Waals surface area (Å²) in [4.78, 5) is 22.2. The molecule has 0 unspecified atom stereocenters. The van der Waals surface area contributed by atoms with Crippen LogP contribution >= 0.6 is 0 Å². The number of carboxylic acid groups (broad SMARTS) is 1. The molecule has 17 heavy (non-hydrogen) atoms. The maximum Gasteiger partial charge on any atom is 0.336 e. The minimum absolute atomic E-state index is 0.228. The lowest BCUT2D eigenvalue weighted by Gasteiger charge is -2.24. The summed E-state index contributed by atoms with van der Waals surface area (Å²) in [5.41, 5.74) is -1.53. The Morgan fingerprint density at radius 3 is 2.29 bits per heavy atom. The van der Waals surface area contributed by atoms with Crippen LogP contribution in [0.25, 0.3) is 0 Å². The summed E-state index contributed by atoms with van der Waals surface area (Å²) < 4.78 is 4.83. The molecule has 2 N–H and O–H groups in total. The second-order valence-corrected chi connectivity index (χ2v) is 4.66. The van der Waals surface area contributed by atoms with E-state index in [-0.39, 0.29) is 6.61 Å². The lowest BCUT2D eigenvalue weighted by Crippen LogP contribution is -2.43. The summed E-state index contributed by atoms with van der Waals surface area (Å²) in [7, 11) is 0. The van der Waals surface area contributed by atoms with Gasteiger partial charge in [-0.2, -0.15) is 0 Å². The molecule has 0 fully saturated rings. The molecule has 0 aliphatic rings. The first-order valence-corrected chi connectivity index (χ1v) is 5.92. The van der Waals surface area contributed by atoms with E-state index in [4.69, 9.17) is 9.84 Å². The second kappa shape index (κ2) is 7.27. The number of ether oxygens (including phenoxy) is 1. The van der Waals surface area contributed by atoms with Crippen molar-refractivity contribution in [2.75, 3.05) is 6.61 Å². The Morgan fingerprint density at radius 1 is 1.24 bits per heavy atom. The quantitative estimate of drug-likeness (QED) is 0.502. The summed E-state index contributed by atoms with van der Waals surface area (Å²) in [6, 6.07) is 0. The van der Waals surface area contributed by atoms with E-state index in [2.05, 4.69) is 6.92 Å². The number of esters is 1. The number of carbonyl (C=O) groups excluding carboxylic acids is 1. The number of carboxylic acids is 1. The van der Waals surface area contributed by atoms with Gasteiger partial charge in [-0.25, -0.2) is 4.79 Å². The molecule has 0 aromatic rings. The van der Waals surface area contributed by atoms with Crippen LogP contribution in [-0.4, -0.2) is 34.9 Å². The molecular formula is C12H22O5. The van der Waals surface area contributed by atoms with E-state index in [9.17, 15) is 14.7 Å². The zero-order valence-corrected chi connectivity index (χ0v) is 10.7. The van der Waals surface area contributed by atoms with Gasteiger partial charge in [0.05, 0.1) is 12.0 Å². The van der Waals surface area contributed by atoms with Crippen LogP contribution in [0.3, 0.4) is 0 Å². The number of aliphatic hydroxyl groups excluding tert-OH is 1. The van der Waals surface area contributed by atoms with E-state index in [1.54, 1.807) is 0 Å². The highest BCUT2D eigenvalue weighted by atomic mass is 16.5. The Labute approximate surface area is 102 Å². The summed E-state index contributed by atoms with van der Waals surface area (Å²) in [5, 5.41) is 18.4. The lowest BCUT2D eigenvalue weighted by atomic mass is 9.87. The Kier molecular flexibility index (Phi) is 6.80. The minimum Gasteiger partial charge on any atom is -0.481 e. The van der Waals surface area contributed by atoms with Gasteiger partial charge < -0.3 is 14.9 Å². The standard InChI is InChI=1S/C12H22O5/c1-4-5-6-7-8-17-10(14)9(13)12(2,3)11(15)16/h9,13H,4-8H2,1-3H3,(H,15,16)/t9-/m1/s1. The van der Waals surface area contributed by atoms with Crippen LogP contribution in [0.1, 0.15) is 46.5 Å². The molecule has 0 aromatic heterocycles. The number of carbonyl (C=O) groups is 2. The molecule has 100 valence electrons. The number of unbranched alkanes of at least 4 members (excludes halogenated alkanes) is 3. The average Bonchev–Trinajstić information content (AvgIpc) is 2.27. The summed E-state index contributed by atoms with van der Waals surface area (Å²) in [5.74, 6) is -2.10. The van der Waals surface area contributed by atoms with Gasteiger partial charge in [0.1, 0.15) is 0 Å². The molecule has 0 aromatic carbocycles. The maximum absolute atomic E-state index is 11.4. The van der Waals surface area contributed by atoms with Gasteiger partial charge in [0.15, 0.2) is 6.10 Å². The van der Waals surface area contributed by atoms with E-state index in [0.29, 0.717) is 0 Å². The second-order valence-electron chi connectivity index (χ2n) is 4.66. The highest BCUT2D eigenvalue weighted by Gasteiger charge is 2.41. The van der Waals surface area contributed by atoms with Crippen molar-refractivity contribution in [2.45, 2.75) is 52.6 Å². The third-order valence-electron chi connectivity index (χ3n) is 2.70. The Hall–Kier alpha value is -1.10. The van der Waals surface area contributed by atoms with Gasteiger partial charge in [-0.3, -0.25) is 4.79 Å². The van der Waals surface area contributed by atoms with Crippen LogP contribution in [0.4, 0.5) is 0 Å². The number of hydrogen-bond donors (Lipinski definition) is 2. The van der Waals surface area contributed by atoms with Gasteiger partial charge in [0.2, 0.25) is 0 Å². The Bertz CT molecular complexity index is 260. The summed E-state index contributed by atoms with van der Waals surface area (Å²) >= 11 is 0. The fourth-order valence-electron chi connectivity index (χ4n) is 1.19. The Balaban J connectivity index is 4.02. The van der Waals surface area contributed by atoms with Crippen LogP contribution in [-0.2, 0) is 14.3 Å². The molecule has 0 spiro atoms. The minimum atomic E-state index is -1.63. The van der Waals surface area contributed by atoms with Crippen molar-refractivity contribution in [3.63, 3.8) is 0 Å². The van der Waals surface area contributed by atoms with Crippen molar-refractivity contribution in [3.8, 4) is 0 Å². The lowest BCUT2D eigenvalue weighted by molar-refractivity contribution is -0.170. The number of hydrogen-bond acceptors (Lipinski definition) is 4. The van der Waals surface area contributed by atoms with Crippen LogP contribution < -0.4 is 0 Å². The maximum atomic E-state index is 11.4. The van der Waals surface area contributed by atoms with Gasteiger partial charge in [-0.1, -0.05) is 26.2 Å². The molecule has 0 bridgehead atoms. The first kappa shape index (κ1) is 15.9. The van der Waals surface area contributed by atoms with Gasteiger partial charge in [0.25, 0.3) is 0 Å². The van der Waals surface area contributed by atoms with Gasteiger partial charge in [-0.05, 0) is 20.3 Å². The smallest absolute Gasteiger partial charge is 0.336 e. The zero-order chi connectivity index (χ0) is 13.5. The molecule has 0 heterocycles. The first-order chi connectivity index (χ1) is 7.84. The predicted octanol–water partition coefficient (Wildman–Crippen LogP) is 1.58. The SMILES string of the molecule is CCCCCCOC(=O)[C@@H](O)C(C)(C)C(=O)O. The highest BCUT2D eigenvalue weighted by molar-refractivity contribution is 5.85. The molecule has 5 nitrogen and oxygen atoms in total. The molecule has 0 radical (unpaired) electrons. The third kappa shape index (κ3) is 5.17. The van der Waals surface area contributed by atoms with Gasteiger partial charge in [0, 0.05) is 0 Å². The first-order valence-electron chi connectivity index (χ1n) is 5.92. The fraction of sp³-hybridized carbons (Fsp3) is 0.833. The van der Waals surface area contributed by atoms with Crippen LogP contribution in [0.2, 0.25) is 0 Å². The van der Waals surface area contributed by atoms with Gasteiger partial charge >= 0.3 is 11.9 Å². The van der Waals surface area contributed by atoms with E-state index >= 15 is 0 Å². The number of aliphatic carboxylic acids is 1. The molecule has 0 aliphatic heterocycles. The van der Waals surface area contributed by atoms with E-state index < -0.39 is 23.5 Å². The molecule has 0 amide bonds. The monoisotopic (exact) mass is 246 g/mol.